The number of hydrogen-bond acceptors (Lipinski definition) is 5. The number of nitrogens with zero attached hydrogens (tertiary/aromatic N) is 2. The lowest BCUT2D eigenvalue weighted by Gasteiger charge is -2.31. The number of nitrogens with one attached hydrogen (secondary N) is 1. The Balaban J connectivity index is 2.18. The van der Waals surface area contributed by atoms with Gasteiger partial charge < -0.3 is 16.8 Å². The molecule has 1 aromatic rings. The van der Waals surface area contributed by atoms with Crippen LogP contribution < -0.4 is 16.8 Å². The molecule has 1 aliphatic heterocycles. The van der Waals surface area contributed by atoms with Crippen molar-refractivity contribution in [3.05, 3.63) is 24.0 Å². The van der Waals surface area contributed by atoms with E-state index in [0.29, 0.717) is 11.4 Å². The van der Waals surface area contributed by atoms with Crippen LogP contribution in [0.5, 0.6) is 0 Å². The third kappa shape index (κ3) is 3.14. The minimum Gasteiger partial charge on any atom is -0.370 e. The maximum Gasteiger partial charge on any atom is 0.389 e. The molecule has 5 nitrogen and oxygen atoms in total. The highest BCUT2D eigenvalue weighted by atomic mass is 19.4. The fourth-order valence-corrected chi connectivity index (χ4v) is 2.02. The van der Waals surface area contributed by atoms with Gasteiger partial charge in [-0.15, -0.1) is 0 Å². The van der Waals surface area contributed by atoms with Crippen molar-refractivity contribution in [3.8, 4) is 0 Å². The van der Waals surface area contributed by atoms with Crippen LogP contribution >= 0.6 is 0 Å². The van der Waals surface area contributed by atoms with Gasteiger partial charge in [-0.05, 0) is 25.0 Å². The van der Waals surface area contributed by atoms with Crippen LogP contribution in [0.2, 0.25) is 0 Å². The lowest BCUT2D eigenvalue weighted by atomic mass is 9.97. The molecule has 1 atom stereocenters. The lowest BCUT2D eigenvalue weighted by Crippen LogP contribution is -2.44. The number of nitrogens with two attached hydrogens (primary N) is 2. The molecule has 0 bridgehead atoms. The SMILES string of the molecule is NC1=NC(N)(CCCC(F)(F)F)c2ncccc2N1. The number of pyridine rings is 1. The van der Waals surface area contributed by atoms with E-state index in [9.17, 15) is 13.2 Å². The van der Waals surface area contributed by atoms with Crippen LogP contribution in [0.15, 0.2) is 23.3 Å². The zero-order chi connectivity index (χ0) is 14.1. The van der Waals surface area contributed by atoms with E-state index >= 15 is 0 Å². The Morgan fingerprint density at radius 1 is 1.37 bits per heavy atom. The van der Waals surface area contributed by atoms with Gasteiger partial charge in [0.05, 0.1) is 5.69 Å². The van der Waals surface area contributed by atoms with E-state index in [0.717, 1.165) is 0 Å². The highest BCUT2D eigenvalue weighted by Gasteiger charge is 2.36. The maximum absolute atomic E-state index is 12.2. The standard InChI is InChI=1S/C11H14F3N5/c12-11(13,14)5-2-4-10(16)8-7(3-1-6-17-8)18-9(15)19-10/h1,3,6H,2,4-5,16H2,(H3,15,18,19). The molecule has 5 N–H and O–H groups in total. The number of aliphatic imine (C=N–C) groups is 1. The molecule has 1 unspecified atom stereocenters. The molecule has 19 heavy (non-hydrogen) atoms. The summed E-state index contributed by atoms with van der Waals surface area (Å²) in [4.78, 5) is 8.10. The summed E-state index contributed by atoms with van der Waals surface area (Å²) < 4.78 is 36.5. The summed E-state index contributed by atoms with van der Waals surface area (Å²) in [6.45, 7) is 0. The van der Waals surface area contributed by atoms with Crippen molar-refractivity contribution in [3.63, 3.8) is 0 Å². The molecule has 0 aliphatic carbocycles. The molecular formula is C11H14F3N5. The Labute approximate surface area is 107 Å². The van der Waals surface area contributed by atoms with Gasteiger partial charge in [0.1, 0.15) is 5.69 Å². The van der Waals surface area contributed by atoms with Gasteiger partial charge in [-0.2, -0.15) is 13.2 Å². The summed E-state index contributed by atoms with van der Waals surface area (Å²) in [5.41, 5.74) is 11.3. The number of guanidine groups is 1. The molecule has 0 radical (unpaired) electrons. The number of rotatable bonds is 3. The first-order valence-corrected chi connectivity index (χ1v) is 5.74. The van der Waals surface area contributed by atoms with Crippen molar-refractivity contribution in [1.29, 1.82) is 0 Å². The van der Waals surface area contributed by atoms with Crippen molar-refractivity contribution in [2.45, 2.75) is 31.1 Å². The van der Waals surface area contributed by atoms with Crippen molar-refractivity contribution in [2.75, 3.05) is 5.32 Å². The number of aromatic nitrogens is 1. The van der Waals surface area contributed by atoms with E-state index in [-0.39, 0.29) is 18.8 Å². The second-order valence-corrected chi connectivity index (χ2v) is 4.41. The summed E-state index contributed by atoms with van der Waals surface area (Å²) in [6, 6.07) is 3.38. The van der Waals surface area contributed by atoms with E-state index in [1.807, 2.05) is 0 Å². The van der Waals surface area contributed by atoms with E-state index in [2.05, 4.69) is 15.3 Å². The Hall–Kier alpha value is -1.83. The molecule has 8 heteroatoms. The highest BCUT2D eigenvalue weighted by Crippen LogP contribution is 2.34. The Morgan fingerprint density at radius 3 is 2.79 bits per heavy atom. The molecule has 0 amide bonds. The first-order chi connectivity index (χ1) is 8.80. The summed E-state index contributed by atoms with van der Waals surface area (Å²) in [5.74, 6) is 0.0787. The topological polar surface area (TPSA) is 89.3 Å². The fraction of sp³-hybridized carbons (Fsp3) is 0.455. The fourth-order valence-electron chi connectivity index (χ4n) is 2.02. The Morgan fingerprint density at radius 2 is 2.11 bits per heavy atom. The van der Waals surface area contributed by atoms with E-state index in [4.69, 9.17) is 11.5 Å². The van der Waals surface area contributed by atoms with Gasteiger partial charge in [-0.1, -0.05) is 0 Å². The quantitative estimate of drug-likeness (QED) is 0.781. The van der Waals surface area contributed by atoms with Crippen LogP contribution in [-0.2, 0) is 5.66 Å². The molecule has 0 spiro atoms. The largest absolute Gasteiger partial charge is 0.389 e. The van der Waals surface area contributed by atoms with Crippen LogP contribution in [0.3, 0.4) is 0 Å². The number of fused-ring (bicyclic) bond motifs is 1. The van der Waals surface area contributed by atoms with Crippen LogP contribution in [-0.4, -0.2) is 17.1 Å². The van der Waals surface area contributed by atoms with E-state index < -0.39 is 18.3 Å². The van der Waals surface area contributed by atoms with Gasteiger partial charge in [-0.25, -0.2) is 4.99 Å². The predicted octanol–water partition coefficient (Wildman–Crippen LogP) is 1.67. The number of halogens is 3. The summed E-state index contributed by atoms with van der Waals surface area (Å²) in [6.07, 6.45) is -3.70. The first kappa shape index (κ1) is 13.6. The average molecular weight is 273 g/mol. The lowest BCUT2D eigenvalue weighted by molar-refractivity contribution is -0.136. The van der Waals surface area contributed by atoms with Gasteiger partial charge in [-0.3, -0.25) is 4.98 Å². The van der Waals surface area contributed by atoms with E-state index in [1.165, 1.54) is 6.20 Å². The zero-order valence-corrected chi connectivity index (χ0v) is 10.0. The maximum atomic E-state index is 12.2. The summed E-state index contributed by atoms with van der Waals surface area (Å²) >= 11 is 0. The zero-order valence-electron chi connectivity index (χ0n) is 10.0. The van der Waals surface area contributed by atoms with Gasteiger partial charge in [0.25, 0.3) is 0 Å². The van der Waals surface area contributed by atoms with E-state index in [1.54, 1.807) is 12.1 Å². The summed E-state index contributed by atoms with van der Waals surface area (Å²) in [7, 11) is 0. The molecule has 104 valence electrons. The minimum absolute atomic E-state index is 0.0267. The molecule has 0 fully saturated rings. The smallest absolute Gasteiger partial charge is 0.370 e. The summed E-state index contributed by atoms with van der Waals surface area (Å²) in [5, 5.41) is 2.78. The number of hydrogen-bond donors (Lipinski definition) is 3. The van der Waals surface area contributed by atoms with Gasteiger partial charge in [0.2, 0.25) is 0 Å². The van der Waals surface area contributed by atoms with Gasteiger partial charge in [0.15, 0.2) is 11.6 Å². The van der Waals surface area contributed by atoms with Crippen molar-refractivity contribution in [1.82, 2.24) is 4.98 Å². The van der Waals surface area contributed by atoms with Gasteiger partial charge >= 0.3 is 6.18 Å². The van der Waals surface area contributed by atoms with Crippen LogP contribution in [0.1, 0.15) is 25.0 Å². The molecule has 0 saturated heterocycles. The van der Waals surface area contributed by atoms with Crippen LogP contribution in [0, 0.1) is 0 Å². The van der Waals surface area contributed by atoms with Crippen molar-refractivity contribution in [2.24, 2.45) is 16.5 Å². The first-order valence-electron chi connectivity index (χ1n) is 5.74. The molecule has 1 aromatic heterocycles. The highest BCUT2D eigenvalue weighted by molar-refractivity contribution is 5.95. The third-order valence-corrected chi connectivity index (χ3v) is 2.82. The van der Waals surface area contributed by atoms with Crippen LogP contribution in [0.4, 0.5) is 18.9 Å². The van der Waals surface area contributed by atoms with Crippen molar-refractivity contribution < 1.29 is 13.2 Å². The normalized spacial score (nSPS) is 22.4. The number of alkyl halides is 3. The second kappa shape index (κ2) is 4.69. The average Bonchev–Trinajstić information content (AvgIpc) is 2.26. The Bertz CT molecular complexity index is 499. The second-order valence-electron chi connectivity index (χ2n) is 4.41. The molecule has 2 rings (SSSR count). The van der Waals surface area contributed by atoms with Crippen molar-refractivity contribution >= 4 is 11.6 Å². The monoisotopic (exact) mass is 273 g/mol. The van der Waals surface area contributed by atoms with Gasteiger partial charge in [0, 0.05) is 12.6 Å². The molecule has 0 saturated carbocycles. The molecule has 0 aromatic carbocycles. The number of anilines is 1. The molecular weight excluding hydrogens is 259 g/mol. The molecule has 2 heterocycles. The Kier molecular flexibility index (Phi) is 3.36. The molecule has 1 aliphatic rings. The minimum atomic E-state index is -4.20. The third-order valence-electron chi connectivity index (χ3n) is 2.82. The predicted molar refractivity (Wildman–Crippen MR) is 65.3 cm³/mol. The van der Waals surface area contributed by atoms with Crippen LogP contribution in [0.25, 0.3) is 0 Å².